The molecule has 3 N–H and O–H groups in total. The summed E-state index contributed by atoms with van der Waals surface area (Å²) in [5.41, 5.74) is 2.38. The first-order valence-corrected chi connectivity index (χ1v) is 11.3. The number of anilines is 3. The zero-order valence-electron chi connectivity index (χ0n) is 19.3. The van der Waals surface area contributed by atoms with E-state index in [4.69, 9.17) is 0 Å². The minimum Gasteiger partial charge on any atom is -0.619 e. The fraction of sp³-hybridized carbons (Fsp3) is 0.0357. The first-order valence-electron chi connectivity index (χ1n) is 11.3. The molecule has 3 aromatic carbocycles. The number of pyridine rings is 1. The first kappa shape index (κ1) is 23.7. The van der Waals surface area contributed by atoms with Gasteiger partial charge in [-0.05, 0) is 36.4 Å². The molecule has 2 heterocycles. The lowest BCUT2D eigenvalue weighted by molar-refractivity contribution is -0.605. The van der Waals surface area contributed by atoms with E-state index in [1.807, 2.05) is 6.07 Å². The highest BCUT2D eigenvalue weighted by Crippen LogP contribution is 2.35. The van der Waals surface area contributed by atoms with E-state index in [0.29, 0.717) is 24.0 Å². The second kappa shape index (κ2) is 9.90. The van der Waals surface area contributed by atoms with Crippen LogP contribution in [0.4, 0.5) is 25.8 Å². The molecule has 37 heavy (non-hydrogen) atoms. The van der Waals surface area contributed by atoms with Crippen LogP contribution in [-0.4, -0.2) is 11.6 Å². The third-order valence-electron chi connectivity index (χ3n) is 5.74. The number of rotatable bonds is 7. The molecule has 0 saturated carbocycles. The zero-order chi connectivity index (χ0) is 25.9. The van der Waals surface area contributed by atoms with Gasteiger partial charge >= 0.3 is 0 Å². The van der Waals surface area contributed by atoms with Gasteiger partial charge in [-0.25, -0.2) is 8.78 Å². The summed E-state index contributed by atoms with van der Waals surface area (Å²) in [6, 6.07) is 19.4. The Morgan fingerprint density at radius 1 is 0.811 bits per heavy atom. The van der Waals surface area contributed by atoms with E-state index in [9.17, 15) is 23.6 Å². The highest BCUT2D eigenvalue weighted by Gasteiger charge is 2.29. The van der Waals surface area contributed by atoms with Crippen LogP contribution in [0.25, 0.3) is 0 Å². The van der Waals surface area contributed by atoms with Crippen molar-refractivity contribution in [3.8, 4) is 0 Å². The number of allylic oxidation sites excluding steroid dienone is 1. The largest absolute Gasteiger partial charge is 0.619 e. The summed E-state index contributed by atoms with van der Waals surface area (Å²) in [6.45, 7) is 0.402. The van der Waals surface area contributed by atoms with Crippen molar-refractivity contribution in [2.24, 2.45) is 0 Å². The number of carbonyl (C=O) groups excluding carboxylic acids is 2. The molecule has 0 radical (unpaired) electrons. The van der Waals surface area contributed by atoms with Gasteiger partial charge in [0.25, 0.3) is 0 Å². The van der Waals surface area contributed by atoms with Crippen molar-refractivity contribution in [3.63, 3.8) is 0 Å². The number of hydrogen-bond donors (Lipinski definition) is 3. The molecule has 184 valence electrons. The summed E-state index contributed by atoms with van der Waals surface area (Å²) in [7, 11) is 0. The number of nitrogens with zero attached hydrogens (tertiary/aromatic N) is 1. The maximum atomic E-state index is 13.9. The zero-order valence-corrected chi connectivity index (χ0v) is 19.3. The standard InChI is InChI=1S/C28H20F2N4O3/c29-20-11-19(12-21(30)13-20)27(36)25(26(35)18-6-2-1-3-7-18)28-32-23-9-8-22(14-24(23)33-28)31-15-17-5-4-10-34(37)16-17/h1-14,16,31-33H,15H2/b28-25-. The predicted molar refractivity (Wildman–Crippen MR) is 135 cm³/mol. The Bertz CT molecular complexity index is 1530. The summed E-state index contributed by atoms with van der Waals surface area (Å²) in [5.74, 6) is -3.18. The third-order valence-corrected chi connectivity index (χ3v) is 5.74. The summed E-state index contributed by atoms with van der Waals surface area (Å²) in [4.78, 5) is 26.9. The topological polar surface area (TPSA) is 97.2 Å². The van der Waals surface area contributed by atoms with E-state index in [1.165, 1.54) is 12.4 Å². The maximum Gasteiger partial charge on any atom is 0.200 e. The first-order chi connectivity index (χ1) is 17.9. The van der Waals surface area contributed by atoms with Crippen LogP contribution >= 0.6 is 0 Å². The number of ketones is 2. The molecule has 0 fully saturated rings. The molecular formula is C28H20F2N4O3. The third kappa shape index (κ3) is 5.15. The molecule has 7 nitrogen and oxygen atoms in total. The Morgan fingerprint density at radius 3 is 2.24 bits per heavy atom. The summed E-state index contributed by atoms with van der Waals surface area (Å²) < 4.78 is 28.5. The average Bonchev–Trinajstić information content (AvgIpc) is 3.30. The molecule has 0 amide bonds. The van der Waals surface area contributed by atoms with Gasteiger partial charge in [-0.15, -0.1) is 0 Å². The van der Waals surface area contributed by atoms with Crippen LogP contribution in [0.5, 0.6) is 0 Å². The van der Waals surface area contributed by atoms with Gasteiger partial charge in [0.15, 0.2) is 12.4 Å². The Kier molecular flexibility index (Phi) is 6.34. The van der Waals surface area contributed by atoms with Crippen LogP contribution in [0.1, 0.15) is 26.3 Å². The molecule has 4 aromatic rings. The molecule has 1 aliphatic rings. The van der Waals surface area contributed by atoms with Gasteiger partial charge in [0, 0.05) is 41.1 Å². The fourth-order valence-corrected chi connectivity index (χ4v) is 4.00. The Hall–Kier alpha value is -5.05. The van der Waals surface area contributed by atoms with Crippen molar-refractivity contribution in [1.82, 2.24) is 0 Å². The van der Waals surface area contributed by atoms with E-state index < -0.39 is 23.2 Å². The van der Waals surface area contributed by atoms with E-state index >= 15 is 0 Å². The van der Waals surface area contributed by atoms with Crippen LogP contribution in [-0.2, 0) is 6.54 Å². The number of carbonyl (C=O) groups is 2. The SMILES string of the molecule is O=C(/C(C(=O)c1cc(F)cc(F)c1)=C1\Nc2ccc(NCc3ccc[n+]([O-])c3)cc2N1)c1ccccc1. The van der Waals surface area contributed by atoms with Crippen LogP contribution in [0.2, 0.25) is 0 Å². The maximum absolute atomic E-state index is 13.9. The van der Waals surface area contributed by atoms with Gasteiger partial charge in [-0.3, -0.25) is 9.59 Å². The van der Waals surface area contributed by atoms with Crippen LogP contribution in [0.15, 0.2) is 103 Å². The van der Waals surface area contributed by atoms with E-state index in [1.54, 1.807) is 54.6 Å². The number of Topliss-reactive ketones (excluding diaryl/α,β-unsaturated/α-hetero) is 2. The van der Waals surface area contributed by atoms with Gasteiger partial charge in [-0.2, -0.15) is 4.73 Å². The van der Waals surface area contributed by atoms with Gasteiger partial charge in [0.2, 0.25) is 11.6 Å². The minimum absolute atomic E-state index is 0.103. The number of fused-ring (bicyclic) bond motifs is 1. The van der Waals surface area contributed by atoms with Crippen LogP contribution < -0.4 is 20.7 Å². The number of aromatic nitrogens is 1. The predicted octanol–water partition coefficient (Wildman–Crippen LogP) is 5.03. The van der Waals surface area contributed by atoms with Gasteiger partial charge in [-0.1, -0.05) is 30.3 Å². The minimum atomic E-state index is -0.924. The molecule has 1 aliphatic heterocycles. The van der Waals surface area contributed by atoms with Crippen molar-refractivity contribution in [1.29, 1.82) is 0 Å². The second-order valence-electron chi connectivity index (χ2n) is 8.37. The van der Waals surface area contributed by atoms with E-state index in [0.717, 1.165) is 28.1 Å². The normalized spacial score (nSPS) is 13.2. The Morgan fingerprint density at radius 2 is 1.51 bits per heavy atom. The van der Waals surface area contributed by atoms with E-state index in [2.05, 4.69) is 16.0 Å². The van der Waals surface area contributed by atoms with Crippen LogP contribution in [0.3, 0.4) is 0 Å². The van der Waals surface area contributed by atoms with Gasteiger partial charge in [0.05, 0.1) is 11.4 Å². The number of halogens is 2. The van der Waals surface area contributed by atoms with Crippen molar-refractivity contribution in [3.05, 3.63) is 136 Å². The quantitative estimate of drug-likeness (QED) is 0.0827. The molecule has 0 saturated heterocycles. The number of hydrogen-bond acceptors (Lipinski definition) is 6. The Labute approximate surface area is 210 Å². The van der Waals surface area contributed by atoms with Crippen molar-refractivity contribution >= 4 is 28.6 Å². The fourth-order valence-electron chi connectivity index (χ4n) is 4.00. The molecule has 9 heteroatoms. The lowest BCUT2D eigenvalue weighted by atomic mass is 9.95. The molecule has 5 rings (SSSR count). The summed E-state index contributed by atoms with van der Waals surface area (Å²) in [5, 5.41) is 20.8. The molecular weight excluding hydrogens is 478 g/mol. The van der Waals surface area contributed by atoms with Crippen molar-refractivity contribution in [2.75, 3.05) is 16.0 Å². The lowest BCUT2D eigenvalue weighted by Gasteiger charge is -2.11. The molecule has 0 aliphatic carbocycles. The number of nitrogens with one attached hydrogen (secondary N) is 3. The highest BCUT2D eigenvalue weighted by atomic mass is 19.1. The lowest BCUT2D eigenvalue weighted by Crippen LogP contribution is -2.25. The summed E-state index contributed by atoms with van der Waals surface area (Å²) >= 11 is 0. The average molecular weight is 498 g/mol. The molecule has 1 aromatic heterocycles. The van der Waals surface area contributed by atoms with Crippen molar-refractivity contribution < 1.29 is 23.1 Å². The monoisotopic (exact) mass is 498 g/mol. The summed E-state index contributed by atoms with van der Waals surface area (Å²) in [6.07, 6.45) is 2.86. The second-order valence-corrected chi connectivity index (χ2v) is 8.37. The van der Waals surface area contributed by atoms with Gasteiger partial charge in [0.1, 0.15) is 23.0 Å². The van der Waals surface area contributed by atoms with Gasteiger partial charge < -0.3 is 21.2 Å². The number of benzene rings is 3. The molecule has 0 unspecified atom stereocenters. The van der Waals surface area contributed by atoms with E-state index in [-0.39, 0.29) is 22.5 Å². The molecule has 0 atom stereocenters. The smallest absolute Gasteiger partial charge is 0.200 e. The Balaban J connectivity index is 1.48. The van der Waals surface area contributed by atoms with Crippen LogP contribution in [0, 0.1) is 16.8 Å². The molecule has 0 spiro atoms. The molecule has 0 bridgehead atoms. The van der Waals surface area contributed by atoms with Crippen molar-refractivity contribution in [2.45, 2.75) is 6.54 Å². The highest BCUT2D eigenvalue weighted by molar-refractivity contribution is 6.32.